The third kappa shape index (κ3) is 4.98. The summed E-state index contributed by atoms with van der Waals surface area (Å²) >= 11 is 6.08. The number of anilines is 1. The van der Waals surface area contributed by atoms with Gasteiger partial charge in [0.15, 0.2) is 0 Å². The smallest absolute Gasteiger partial charge is 0.271 e. The van der Waals surface area contributed by atoms with Crippen molar-refractivity contribution in [2.24, 2.45) is 0 Å². The molecule has 0 aliphatic heterocycles. The first kappa shape index (κ1) is 22.9. The van der Waals surface area contributed by atoms with Gasteiger partial charge < -0.3 is 10.1 Å². The molecule has 1 heterocycles. The molecule has 0 unspecified atom stereocenters. The van der Waals surface area contributed by atoms with Crippen LogP contribution in [-0.4, -0.2) is 20.8 Å². The quantitative estimate of drug-likeness (QED) is 0.202. The number of carbonyl (C=O) groups excluding carboxylic acids is 1. The van der Waals surface area contributed by atoms with E-state index in [1.807, 2.05) is 42.5 Å². The number of non-ortho nitro benzene ring substituents is 1. The van der Waals surface area contributed by atoms with Gasteiger partial charge in [-0.25, -0.2) is 4.98 Å². The van der Waals surface area contributed by atoms with E-state index < -0.39 is 4.92 Å². The molecule has 5 rings (SSSR count). The van der Waals surface area contributed by atoms with E-state index in [0.29, 0.717) is 22.7 Å². The summed E-state index contributed by atoms with van der Waals surface area (Å²) in [7, 11) is 0. The van der Waals surface area contributed by atoms with Crippen LogP contribution < -0.4 is 10.1 Å². The average molecular weight is 497 g/mol. The van der Waals surface area contributed by atoms with Gasteiger partial charge in [0, 0.05) is 28.9 Å². The molecule has 0 saturated heterocycles. The Labute approximate surface area is 210 Å². The Balaban J connectivity index is 1.28. The SMILES string of the molecule is O=C(Nc1cccc(-c2cnc3ccccc3n2)c1)c1ccc(Oc2ccc([N+](=O)[O-])cc2Cl)cc1. The Morgan fingerprint density at radius 1 is 0.917 bits per heavy atom. The zero-order chi connectivity index (χ0) is 25.1. The summed E-state index contributed by atoms with van der Waals surface area (Å²) in [5.41, 5.74) is 4.05. The van der Waals surface area contributed by atoms with Crippen LogP contribution in [0.15, 0.2) is 97.2 Å². The van der Waals surface area contributed by atoms with Gasteiger partial charge in [-0.05, 0) is 54.6 Å². The molecule has 0 atom stereocenters. The first-order chi connectivity index (χ1) is 17.5. The maximum absolute atomic E-state index is 12.8. The van der Waals surface area contributed by atoms with Gasteiger partial charge in [-0.15, -0.1) is 0 Å². The lowest BCUT2D eigenvalue weighted by Crippen LogP contribution is -2.11. The molecule has 9 heteroatoms. The molecule has 0 radical (unpaired) electrons. The summed E-state index contributed by atoms with van der Waals surface area (Å²) in [6.45, 7) is 0. The second kappa shape index (κ2) is 9.81. The van der Waals surface area contributed by atoms with Gasteiger partial charge in [0.25, 0.3) is 11.6 Å². The van der Waals surface area contributed by atoms with E-state index in [-0.39, 0.29) is 22.4 Å². The van der Waals surface area contributed by atoms with Gasteiger partial charge in [-0.1, -0.05) is 35.9 Å². The second-order valence-electron chi connectivity index (χ2n) is 7.78. The Morgan fingerprint density at radius 3 is 2.44 bits per heavy atom. The van der Waals surface area contributed by atoms with E-state index in [1.54, 1.807) is 36.5 Å². The third-order valence-electron chi connectivity index (χ3n) is 5.34. The molecule has 8 nitrogen and oxygen atoms in total. The topological polar surface area (TPSA) is 107 Å². The number of amides is 1. The largest absolute Gasteiger partial charge is 0.456 e. The number of hydrogen-bond donors (Lipinski definition) is 1. The fourth-order valence-corrected chi connectivity index (χ4v) is 3.76. The minimum atomic E-state index is -0.534. The number of fused-ring (bicyclic) bond motifs is 1. The van der Waals surface area contributed by atoms with Crippen LogP contribution in [0.4, 0.5) is 11.4 Å². The number of para-hydroxylation sites is 2. The van der Waals surface area contributed by atoms with E-state index in [0.717, 1.165) is 16.6 Å². The molecule has 0 fully saturated rings. The Morgan fingerprint density at radius 2 is 1.69 bits per heavy atom. The minimum absolute atomic E-state index is 0.113. The molecule has 36 heavy (non-hydrogen) atoms. The van der Waals surface area contributed by atoms with Crippen molar-refractivity contribution in [2.75, 3.05) is 5.32 Å². The number of benzene rings is 4. The van der Waals surface area contributed by atoms with E-state index in [1.165, 1.54) is 18.2 Å². The highest BCUT2D eigenvalue weighted by atomic mass is 35.5. The number of nitrogens with zero attached hydrogens (tertiary/aromatic N) is 3. The third-order valence-corrected chi connectivity index (χ3v) is 5.63. The van der Waals surface area contributed by atoms with Crippen molar-refractivity contribution in [3.05, 3.63) is 118 Å². The normalized spacial score (nSPS) is 10.7. The molecule has 0 saturated carbocycles. The summed E-state index contributed by atoms with van der Waals surface area (Å²) in [5, 5.41) is 13.9. The second-order valence-corrected chi connectivity index (χ2v) is 8.18. The molecular formula is C27H17ClN4O4. The molecule has 1 N–H and O–H groups in total. The number of carbonyl (C=O) groups is 1. The number of nitrogens with one attached hydrogen (secondary N) is 1. The summed E-state index contributed by atoms with van der Waals surface area (Å²) in [6.07, 6.45) is 1.71. The van der Waals surface area contributed by atoms with Crippen LogP contribution in [0.5, 0.6) is 11.5 Å². The first-order valence-corrected chi connectivity index (χ1v) is 11.2. The van der Waals surface area contributed by atoms with Gasteiger partial charge >= 0.3 is 0 Å². The predicted molar refractivity (Wildman–Crippen MR) is 138 cm³/mol. The minimum Gasteiger partial charge on any atom is -0.456 e. The fraction of sp³-hybridized carbons (Fsp3) is 0. The number of nitro groups is 1. The van der Waals surface area contributed by atoms with Gasteiger partial charge in [0.2, 0.25) is 0 Å². The van der Waals surface area contributed by atoms with Crippen molar-refractivity contribution >= 4 is 39.9 Å². The molecular weight excluding hydrogens is 480 g/mol. The summed E-state index contributed by atoms with van der Waals surface area (Å²) < 4.78 is 5.69. The van der Waals surface area contributed by atoms with Crippen LogP contribution in [0.2, 0.25) is 5.02 Å². The molecule has 0 aliphatic rings. The summed E-state index contributed by atoms with van der Waals surface area (Å²) in [6, 6.07) is 25.4. The number of hydrogen-bond acceptors (Lipinski definition) is 6. The van der Waals surface area contributed by atoms with Gasteiger partial charge in [-0.3, -0.25) is 19.9 Å². The lowest BCUT2D eigenvalue weighted by molar-refractivity contribution is -0.384. The maximum Gasteiger partial charge on any atom is 0.271 e. The van der Waals surface area contributed by atoms with Crippen molar-refractivity contribution < 1.29 is 14.5 Å². The lowest BCUT2D eigenvalue weighted by Gasteiger charge is -2.10. The van der Waals surface area contributed by atoms with E-state index in [2.05, 4.69) is 15.3 Å². The Kier molecular flexibility index (Phi) is 6.25. The number of aromatic nitrogens is 2. The maximum atomic E-state index is 12.8. The monoisotopic (exact) mass is 496 g/mol. The molecule has 5 aromatic rings. The molecule has 1 aromatic heterocycles. The first-order valence-electron chi connectivity index (χ1n) is 10.8. The molecule has 0 aliphatic carbocycles. The van der Waals surface area contributed by atoms with E-state index in [9.17, 15) is 14.9 Å². The highest BCUT2D eigenvalue weighted by Gasteiger charge is 2.12. The fourth-order valence-electron chi connectivity index (χ4n) is 3.54. The van der Waals surface area contributed by atoms with Crippen LogP contribution in [0.1, 0.15) is 10.4 Å². The predicted octanol–water partition coefficient (Wildman–Crippen LogP) is 6.90. The van der Waals surface area contributed by atoms with Crippen LogP contribution in [0, 0.1) is 10.1 Å². The zero-order valence-electron chi connectivity index (χ0n) is 18.6. The summed E-state index contributed by atoms with van der Waals surface area (Å²) in [5.74, 6) is 0.406. The Bertz CT molecular complexity index is 1610. The summed E-state index contributed by atoms with van der Waals surface area (Å²) in [4.78, 5) is 32.2. The average Bonchev–Trinajstić information content (AvgIpc) is 2.90. The van der Waals surface area contributed by atoms with Crippen molar-refractivity contribution in [1.82, 2.24) is 9.97 Å². The molecule has 0 bridgehead atoms. The van der Waals surface area contributed by atoms with E-state index in [4.69, 9.17) is 16.3 Å². The van der Waals surface area contributed by atoms with Gasteiger partial charge in [-0.2, -0.15) is 0 Å². The van der Waals surface area contributed by atoms with Crippen LogP contribution in [0.3, 0.4) is 0 Å². The molecule has 4 aromatic carbocycles. The van der Waals surface area contributed by atoms with Crippen molar-refractivity contribution in [3.8, 4) is 22.8 Å². The van der Waals surface area contributed by atoms with Crippen LogP contribution in [0.25, 0.3) is 22.3 Å². The van der Waals surface area contributed by atoms with Gasteiger partial charge in [0.1, 0.15) is 11.5 Å². The molecule has 176 valence electrons. The van der Waals surface area contributed by atoms with Crippen LogP contribution in [-0.2, 0) is 0 Å². The Hall–Kier alpha value is -4.82. The number of ether oxygens (including phenoxy) is 1. The van der Waals surface area contributed by atoms with E-state index >= 15 is 0 Å². The zero-order valence-corrected chi connectivity index (χ0v) is 19.3. The number of halogens is 1. The highest BCUT2D eigenvalue weighted by molar-refractivity contribution is 6.32. The standard InChI is InChI=1S/C27H17ClN4O4/c28-22-15-20(32(34)35)10-13-26(22)36-21-11-8-17(9-12-21)27(33)30-19-5-3-4-18(14-19)25-16-29-23-6-1-2-7-24(23)31-25/h1-16H,(H,30,33). The number of nitro benzene ring substituents is 1. The van der Waals surface area contributed by atoms with Crippen molar-refractivity contribution in [1.29, 1.82) is 0 Å². The van der Waals surface area contributed by atoms with Crippen LogP contribution >= 0.6 is 11.6 Å². The van der Waals surface area contributed by atoms with Crippen molar-refractivity contribution in [3.63, 3.8) is 0 Å². The molecule has 1 amide bonds. The number of rotatable bonds is 6. The molecule has 0 spiro atoms. The lowest BCUT2D eigenvalue weighted by atomic mass is 10.1. The van der Waals surface area contributed by atoms with Gasteiger partial charge in [0.05, 0.1) is 32.9 Å². The highest BCUT2D eigenvalue weighted by Crippen LogP contribution is 2.32. The van der Waals surface area contributed by atoms with Crippen molar-refractivity contribution in [2.45, 2.75) is 0 Å².